The van der Waals surface area contributed by atoms with Crippen molar-refractivity contribution in [1.82, 2.24) is 10.3 Å². The maximum absolute atomic E-state index is 13.1. The van der Waals surface area contributed by atoms with Gasteiger partial charge >= 0.3 is 0 Å². The average Bonchev–Trinajstić information content (AvgIpc) is 3.35. The Bertz CT molecular complexity index is 1130. The minimum Gasteiger partial charge on any atom is -0.497 e. The van der Waals surface area contributed by atoms with E-state index in [2.05, 4.69) is 15.6 Å². The molecule has 0 aliphatic carbocycles. The summed E-state index contributed by atoms with van der Waals surface area (Å²) in [5.41, 5.74) is 3.63. The standard InChI is InChI=1S/C25H28N4O4S/c1-17-4-7-20(14-18(17)2)29(24(32)11-10-22(30)28-25-26-12-13-34-25)16-23(31)27-15-19-5-8-21(33-3)9-6-19/h4-9,12-14H,10-11,15-16H2,1-3H3,(H,27,31)(H,26,28,30). The Morgan fingerprint density at radius 1 is 1.00 bits per heavy atom. The zero-order chi connectivity index (χ0) is 24.5. The van der Waals surface area contributed by atoms with Crippen molar-refractivity contribution < 1.29 is 19.1 Å². The normalized spacial score (nSPS) is 10.4. The lowest BCUT2D eigenvalue weighted by Crippen LogP contribution is -2.41. The summed E-state index contributed by atoms with van der Waals surface area (Å²) in [5, 5.41) is 7.77. The van der Waals surface area contributed by atoms with Gasteiger partial charge in [0.2, 0.25) is 17.7 Å². The van der Waals surface area contributed by atoms with Crippen LogP contribution in [0.15, 0.2) is 54.0 Å². The van der Waals surface area contributed by atoms with Crippen LogP contribution in [0.4, 0.5) is 10.8 Å². The first-order chi connectivity index (χ1) is 16.4. The fourth-order valence-electron chi connectivity index (χ4n) is 3.18. The quantitative estimate of drug-likeness (QED) is 0.459. The molecule has 0 bridgehead atoms. The number of carbonyl (C=O) groups is 3. The molecule has 0 aliphatic heterocycles. The third-order valence-corrected chi connectivity index (χ3v) is 5.99. The number of aromatic nitrogens is 1. The van der Waals surface area contributed by atoms with E-state index in [1.807, 2.05) is 56.3 Å². The van der Waals surface area contributed by atoms with Gasteiger partial charge in [0.1, 0.15) is 12.3 Å². The molecule has 0 saturated heterocycles. The van der Waals surface area contributed by atoms with E-state index in [1.165, 1.54) is 16.2 Å². The molecule has 2 N–H and O–H groups in total. The van der Waals surface area contributed by atoms with Crippen LogP contribution in [0.3, 0.4) is 0 Å². The number of nitrogens with zero attached hydrogens (tertiary/aromatic N) is 2. The van der Waals surface area contributed by atoms with E-state index < -0.39 is 0 Å². The van der Waals surface area contributed by atoms with Crippen LogP contribution in [0.5, 0.6) is 5.75 Å². The molecule has 0 unspecified atom stereocenters. The first-order valence-electron chi connectivity index (χ1n) is 10.8. The monoisotopic (exact) mass is 480 g/mol. The van der Waals surface area contributed by atoms with Crippen molar-refractivity contribution in [3.8, 4) is 5.75 Å². The molecule has 3 rings (SSSR count). The highest BCUT2D eigenvalue weighted by molar-refractivity contribution is 7.13. The van der Waals surface area contributed by atoms with Gasteiger partial charge in [-0.1, -0.05) is 18.2 Å². The van der Waals surface area contributed by atoms with Crippen molar-refractivity contribution >= 4 is 39.9 Å². The van der Waals surface area contributed by atoms with Crippen LogP contribution in [0.25, 0.3) is 0 Å². The molecule has 0 spiro atoms. The van der Waals surface area contributed by atoms with E-state index in [0.29, 0.717) is 17.4 Å². The largest absolute Gasteiger partial charge is 0.497 e. The number of methoxy groups -OCH3 is 1. The van der Waals surface area contributed by atoms with Gasteiger partial charge in [0.05, 0.1) is 7.11 Å². The molecule has 0 aliphatic rings. The lowest BCUT2D eigenvalue weighted by atomic mass is 10.1. The van der Waals surface area contributed by atoms with Gasteiger partial charge < -0.3 is 20.3 Å². The maximum Gasteiger partial charge on any atom is 0.240 e. The molecular formula is C25H28N4O4S. The molecule has 1 aromatic heterocycles. The van der Waals surface area contributed by atoms with Crippen molar-refractivity contribution in [2.45, 2.75) is 33.2 Å². The van der Waals surface area contributed by atoms with Gasteiger partial charge in [-0.25, -0.2) is 4.98 Å². The molecule has 178 valence electrons. The van der Waals surface area contributed by atoms with E-state index in [4.69, 9.17) is 4.74 Å². The Kier molecular flexibility index (Phi) is 8.75. The lowest BCUT2D eigenvalue weighted by Gasteiger charge is -2.23. The van der Waals surface area contributed by atoms with Crippen molar-refractivity contribution in [1.29, 1.82) is 0 Å². The molecule has 3 aromatic rings. The molecule has 9 heteroatoms. The minimum absolute atomic E-state index is 0.00672. The minimum atomic E-state index is -0.308. The summed E-state index contributed by atoms with van der Waals surface area (Å²) >= 11 is 1.31. The SMILES string of the molecule is COc1ccc(CNC(=O)CN(C(=O)CCC(=O)Nc2nccs2)c2ccc(C)c(C)c2)cc1. The first-order valence-corrected chi connectivity index (χ1v) is 11.7. The fraction of sp³-hybridized carbons (Fsp3) is 0.280. The summed E-state index contributed by atoms with van der Waals surface area (Å²) in [6.45, 7) is 4.11. The van der Waals surface area contributed by atoms with Gasteiger partial charge in [0.15, 0.2) is 5.13 Å². The van der Waals surface area contributed by atoms with Crippen molar-refractivity contribution in [2.24, 2.45) is 0 Å². The molecule has 8 nitrogen and oxygen atoms in total. The van der Waals surface area contributed by atoms with Gasteiger partial charge in [-0.2, -0.15) is 0 Å². The summed E-state index contributed by atoms with van der Waals surface area (Å²) < 4.78 is 5.15. The molecule has 34 heavy (non-hydrogen) atoms. The number of amides is 3. The van der Waals surface area contributed by atoms with Crippen molar-refractivity contribution in [3.05, 3.63) is 70.7 Å². The summed E-state index contributed by atoms with van der Waals surface area (Å²) in [7, 11) is 1.60. The van der Waals surface area contributed by atoms with E-state index in [1.54, 1.807) is 18.7 Å². The van der Waals surface area contributed by atoms with E-state index >= 15 is 0 Å². The third-order valence-electron chi connectivity index (χ3n) is 5.30. The number of thiazole rings is 1. The Hall–Kier alpha value is -3.72. The second kappa shape index (κ2) is 11.9. The molecule has 0 radical (unpaired) electrons. The zero-order valence-corrected chi connectivity index (χ0v) is 20.3. The van der Waals surface area contributed by atoms with Gasteiger partial charge in [-0.3, -0.25) is 14.4 Å². The number of hydrogen-bond donors (Lipinski definition) is 2. The summed E-state index contributed by atoms with van der Waals surface area (Å²) in [4.78, 5) is 43.4. The Labute approximate surface area is 203 Å². The molecular weight excluding hydrogens is 452 g/mol. The fourth-order valence-corrected chi connectivity index (χ4v) is 3.73. The number of anilines is 2. The maximum atomic E-state index is 13.1. The number of ether oxygens (including phenoxy) is 1. The smallest absolute Gasteiger partial charge is 0.240 e. The highest BCUT2D eigenvalue weighted by Gasteiger charge is 2.21. The highest BCUT2D eigenvalue weighted by Crippen LogP contribution is 2.20. The van der Waals surface area contributed by atoms with Crippen molar-refractivity contribution in [2.75, 3.05) is 23.9 Å². The van der Waals surface area contributed by atoms with Crippen LogP contribution >= 0.6 is 11.3 Å². The average molecular weight is 481 g/mol. The number of carbonyl (C=O) groups excluding carboxylic acids is 3. The predicted molar refractivity (Wildman–Crippen MR) is 133 cm³/mol. The first kappa shape index (κ1) is 24.9. The van der Waals surface area contributed by atoms with Gasteiger partial charge in [-0.05, 0) is 54.8 Å². The summed E-state index contributed by atoms with van der Waals surface area (Å²) in [5.74, 6) is -0.167. The van der Waals surface area contributed by atoms with Crippen LogP contribution in [-0.2, 0) is 20.9 Å². The number of aryl methyl sites for hydroxylation is 2. The van der Waals surface area contributed by atoms with Crippen LogP contribution < -0.4 is 20.3 Å². The summed E-state index contributed by atoms with van der Waals surface area (Å²) in [6, 6.07) is 13.0. The number of hydrogen-bond acceptors (Lipinski definition) is 6. The number of rotatable bonds is 10. The van der Waals surface area contributed by atoms with Gasteiger partial charge in [0, 0.05) is 36.7 Å². The van der Waals surface area contributed by atoms with Crippen LogP contribution in [0, 0.1) is 13.8 Å². The third kappa shape index (κ3) is 7.14. The van der Waals surface area contributed by atoms with Crippen LogP contribution in [0.2, 0.25) is 0 Å². The molecule has 1 heterocycles. The van der Waals surface area contributed by atoms with Crippen LogP contribution in [-0.4, -0.2) is 36.4 Å². The Balaban J connectivity index is 1.64. The number of nitrogens with one attached hydrogen (secondary N) is 2. The van der Waals surface area contributed by atoms with Crippen LogP contribution in [0.1, 0.15) is 29.5 Å². The Morgan fingerprint density at radius 2 is 1.76 bits per heavy atom. The summed E-state index contributed by atoms with van der Waals surface area (Å²) in [6.07, 6.45) is 1.56. The molecule has 2 aromatic carbocycles. The topological polar surface area (TPSA) is 101 Å². The lowest BCUT2D eigenvalue weighted by molar-refractivity contribution is -0.125. The molecule has 0 atom stereocenters. The second-order valence-electron chi connectivity index (χ2n) is 7.76. The van der Waals surface area contributed by atoms with Gasteiger partial charge in [-0.15, -0.1) is 11.3 Å². The predicted octanol–water partition coefficient (Wildman–Crippen LogP) is 3.84. The van der Waals surface area contributed by atoms with Crippen molar-refractivity contribution in [3.63, 3.8) is 0 Å². The highest BCUT2D eigenvalue weighted by atomic mass is 32.1. The van der Waals surface area contributed by atoms with E-state index in [-0.39, 0.29) is 37.1 Å². The molecule has 0 fully saturated rings. The Morgan fingerprint density at radius 3 is 2.41 bits per heavy atom. The van der Waals surface area contributed by atoms with Gasteiger partial charge in [0.25, 0.3) is 0 Å². The second-order valence-corrected chi connectivity index (χ2v) is 8.65. The van der Waals surface area contributed by atoms with E-state index in [0.717, 1.165) is 22.4 Å². The van der Waals surface area contributed by atoms with E-state index in [9.17, 15) is 14.4 Å². The zero-order valence-electron chi connectivity index (χ0n) is 19.5. The number of benzene rings is 2. The molecule has 0 saturated carbocycles. The molecule has 3 amide bonds.